The van der Waals surface area contributed by atoms with Crippen molar-refractivity contribution in [1.29, 1.82) is 5.26 Å². The van der Waals surface area contributed by atoms with Gasteiger partial charge in [0, 0.05) is 30.0 Å². The van der Waals surface area contributed by atoms with Gasteiger partial charge in [0.1, 0.15) is 0 Å². The Morgan fingerprint density at radius 1 is 1.54 bits per heavy atom. The summed E-state index contributed by atoms with van der Waals surface area (Å²) in [6.45, 7) is 6.10. The second-order valence-electron chi connectivity index (χ2n) is 6.99. The van der Waals surface area contributed by atoms with Crippen LogP contribution in [0.25, 0.3) is 5.57 Å². The smallest absolute Gasteiger partial charge is 0.0988 e. The summed E-state index contributed by atoms with van der Waals surface area (Å²) in [5.74, 6) is 1.41. The van der Waals surface area contributed by atoms with Gasteiger partial charge >= 0.3 is 0 Å². The predicted octanol–water partition coefficient (Wildman–Crippen LogP) is 3.58. The molecule has 0 radical (unpaired) electrons. The molecule has 1 aliphatic heterocycles. The second-order valence-corrected chi connectivity index (χ2v) is 7.90. The van der Waals surface area contributed by atoms with Crippen molar-refractivity contribution in [2.75, 3.05) is 13.1 Å². The number of nitrogens with one attached hydrogen (secondary N) is 1. The Kier molecular flexibility index (Phi) is 4.88. The van der Waals surface area contributed by atoms with Crippen LogP contribution in [-0.4, -0.2) is 18.9 Å². The summed E-state index contributed by atoms with van der Waals surface area (Å²) >= 11 is 1.70. The van der Waals surface area contributed by atoms with E-state index in [9.17, 15) is 5.26 Å². The summed E-state index contributed by atoms with van der Waals surface area (Å²) in [6.07, 6.45) is 6.83. The number of nitriles is 1. The SMILES string of the molecule is CC1C=C(C#N)C=C(c2csc([C@@](C)(N)CC3=NCCCN3)c2)C1. The van der Waals surface area contributed by atoms with Crippen LogP contribution in [0, 0.1) is 17.2 Å². The minimum Gasteiger partial charge on any atom is -0.374 e. The van der Waals surface area contributed by atoms with E-state index in [1.54, 1.807) is 11.3 Å². The molecule has 3 N–H and O–H groups in total. The molecule has 1 aromatic heterocycles. The number of allylic oxidation sites excluding steroid dienone is 4. The molecule has 2 atom stereocenters. The average Bonchev–Trinajstić information content (AvgIpc) is 3.06. The summed E-state index contributed by atoms with van der Waals surface area (Å²) in [5, 5.41) is 14.7. The van der Waals surface area contributed by atoms with Crippen molar-refractivity contribution in [2.45, 2.75) is 38.6 Å². The van der Waals surface area contributed by atoms with Gasteiger partial charge in [0.25, 0.3) is 0 Å². The van der Waals surface area contributed by atoms with E-state index in [0.717, 1.165) is 48.6 Å². The molecule has 1 aliphatic carbocycles. The lowest BCUT2D eigenvalue weighted by molar-refractivity contribution is 0.515. The minimum atomic E-state index is -0.430. The van der Waals surface area contributed by atoms with Gasteiger partial charge in [-0.15, -0.1) is 11.3 Å². The lowest BCUT2D eigenvalue weighted by Gasteiger charge is -2.26. The quantitative estimate of drug-likeness (QED) is 0.880. The van der Waals surface area contributed by atoms with Crippen LogP contribution < -0.4 is 11.1 Å². The first kappa shape index (κ1) is 16.9. The Balaban J connectivity index is 1.80. The zero-order valence-electron chi connectivity index (χ0n) is 14.3. The zero-order chi connectivity index (χ0) is 17.2. The van der Waals surface area contributed by atoms with Crippen molar-refractivity contribution in [3.8, 4) is 6.07 Å². The van der Waals surface area contributed by atoms with Crippen LogP contribution in [-0.2, 0) is 5.54 Å². The third-order valence-corrected chi connectivity index (χ3v) is 5.71. The van der Waals surface area contributed by atoms with Gasteiger partial charge in [0.05, 0.1) is 17.4 Å². The fourth-order valence-electron chi connectivity index (χ4n) is 3.22. The van der Waals surface area contributed by atoms with Crippen LogP contribution in [0.15, 0.2) is 34.2 Å². The standard InChI is InChI=1S/C19H24N4S/c1-13-6-14(11-20)8-15(7-13)16-9-17(24-12-16)19(2,21)10-18-22-4-3-5-23-18/h6,8-9,12-13H,3-5,7,10,21H2,1-2H3,(H,22,23)/t13?,19-/m0/s1. The van der Waals surface area contributed by atoms with E-state index in [1.807, 2.05) is 12.2 Å². The molecule has 4 nitrogen and oxygen atoms in total. The molecule has 1 aromatic rings. The number of nitrogens with two attached hydrogens (primary N) is 1. The molecule has 0 spiro atoms. The second kappa shape index (κ2) is 6.92. The van der Waals surface area contributed by atoms with Crippen LogP contribution in [0.3, 0.4) is 0 Å². The van der Waals surface area contributed by atoms with E-state index in [4.69, 9.17) is 5.73 Å². The van der Waals surface area contributed by atoms with E-state index in [1.165, 1.54) is 11.1 Å². The average molecular weight is 340 g/mol. The van der Waals surface area contributed by atoms with Crippen molar-refractivity contribution in [3.63, 3.8) is 0 Å². The molecule has 0 fully saturated rings. The molecular weight excluding hydrogens is 316 g/mol. The number of amidine groups is 1. The molecular formula is C19H24N4S. The number of hydrogen-bond acceptors (Lipinski definition) is 5. The van der Waals surface area contributed by atoms with Crippen LogP contribution in [0.4, 0.5) is 0 Å². The van der Waals surface area contributed by atoms with Gasteiger partial charge in [0.15, 0.2) is 0 Å². The molecule has 0 saturated carbocycles. The summed E-state index contributed by atoms with van der Waals surface area (Å²) < 4.78 is 0. The van der Waals surface area contributed by atoms with E-state index in [0.29, 0.717) is 5.92 Å². The van der Waals surface area contributed by atoms with Gasteiger partial charge in [-0.1, -0.05) is 13.0 Å². The molecule has 126 valence electrons. The van der Waals surface area contributed by atoms with E-state index < -0.39 is 5.54 Å². The highest BCUT2D eigenvalue weighted by atomic mass is 32.1. The predicted molar refractivity (Wildman–Crippen MR) is 101 cm³/mol. The first-order valence-corrected chi connectivity index (χ1v) is 9.34. The monoisotopic (exact) mass is 340 g/mol. The lowest BCUT2D eigenvalue weighted by atomic mass is 9.88. The van der Waals surface area contributed by atoms with Crippen LogP contribution in [0.2, 0.25) is 0 Å². The van der Waals surface area contributed by atoms with Gasteiger partial charge in [-0.3, -0.25) is 4.99 Å². The fourth-order valence-corrected chi connectivity index (χ4v) is 4.23. The molecule has 0 aromatic carbocycles. The van der Waals surface area contributed by atoms with Gasteiger partial charge in [-0.2, -0.15) is 5.26 Å². The molecule has 0 bridgehead atoms. The number of hydrogen-bond donors (Lipinski definition) is 2. The Morgan fingerprint density at radius 3 is 3.08 bits per heavy atom. The van der Waals surface area contributed by atoms with Crippen molar-refractivity contribution in [3.05, 3.63) is 39.6 Å². The third kappa shape index (κ3) is 3.77. The van der Waals surface area contributed by atoms with Crippen molar-refractivity contribution in [1.82, 2.24) is 5.32 Å². The van der Waals surface area contributed by atoms with Crippen LogP contribution in [0.5, 0.6) is 0 Å². The fraction of sp³-hybridized carbons (Fsp3) is 0.474. The molecule has 0 amide bonds. The molecule has 24 heavy (non-hydrogen) atoms. The maximum absolute atomic E-state index is 9.19. The largest absolute Gasteiger partial charge is 0.374 e. The number of thiophene rings is 1. The van der Waals surface area contributed by atoms with Crippen molar-refractivity contribution in [2.24, 2.45) is 16.6 Å². The first-order chi connectivity index (χ1) is 11.5. The van der Waals surface area contributed by atoms with Gasteiger partial charge in [-0.25, -0.2) is 0 Å². The molecule has 2 heterocycles. The zero-order valence-corrected chi connectivity index (χ0v) is 15.1. The van der Waals surface area contributed by atoms with Gasteiger partial charge in [0.2, 0.25) is 0 Å². The lowest BCUT2D eigenvalue weighted by Crippen LogP contribution is -2.40. The third-order valence-electron chi connectivity index (χ3n) is 4.50. The molecule has 5 heteroatoms. The molecule has 2 aliphatic rings. The number of rotatable bonds is 4. The normalized spacial score (nSPS) is 23.2. The van der Waals surface area contributed by atoms with Crippen LogP contribution in [0.1, 0.15) is 43.6 Å². The number of nitrogens with zero attached hydrogens (tertiary/aromatic N) is 2. The summed E-state index contributed by atoms with van der Waals surface area (Å²) in [6, 6.07) is 4.45. The topological polar surface area (TPSA) is 74.2 Å². The Morgan fingerprint density at radius 2 is 2.38 bits per heavy atom. The summed E-state index contributed by atoms with van der Waals surface area (Å²) in [5.41, 5.74) is 9.35. The van der Waals surface area contributed by atoms with Gasteiger partial charge < -0.3 is 11.1 Å². The molecule has 1 unspecified atom stereocenters. The Bertz CT molecular complexity index is 746. The Hall–Kier alpha value is -1.90. The number of aliphatic imine (C=N–C) groups is 1. The highest BCUT2D eigenvalue weighted by molar-refractivity contribution is 7.10. The Labute approximate surface area is 147 Å². The highest BCUT2D eigenvalue weighted by Crippen LogP contribution is 2.35. The first-order valence-electron chi connectivity index (χ1n) is 8.46. The minimum absolute atomic E-state index is 0.396. The van der Waals surface area contributed by atoms with Gasteiger partial charge in [-0.05, 0) is 54.3 Å². The van der Waals surface area contributed by atoms with Crippen LogP contribution >= 0.6 is 11.3 Å². The van der Waals surface area contributed by atoms with Crippen molar-refractivity contribution >= 4 is 22.7 Å². The van der Waals surface area contributed by atoms with Crippen molar-refractivity contribution < 1.29 is 0 Å². The van der Waals surface area contributed by atoms with E-state index >= 15 is 0 Å². The maximum Gasteiger partial charge on any atom is 0.0988 e. The highest BCUT2D eigenvalue weighted by Gasteiger charge is 2.27. The van der Waals surface area contributed by atoms with E-state index in [-0.39, 0.29) is 0 Å². The van der Waals surface area contributed by atoms with E-state index in [2.05, 4.69) is 41.7 Å². The maximum atomic E-state index is 9.19. The molecule has 0 saturated heterocycles. The summed E-state index contributed by atoms with van der Waals surface area (Å²) in [7, 11) is 0. The molecule has 3 rings (SSSR count). The summed E-state index contributed by atoms with van der Waals surface area (Å²) in [4.78, 5) is 5.70.